The smallest absolute Gasteiger partial charge is 0.393 e. The molecule has 0 spiro atoms. The predicted molar refractivity (Wildman–Crippen MR) is 87.0 cm³/mol. The van der Waals surface area contributed by atoms with Crippen LogP contribution in [0.3, 0.4) is 0 Å². The number of aliphatic hydroxyl groups excluding tert-OH is 2. The van der Waals surface area contributed by atoms with Crippen LogP contribution < -0.4 is 0 Å². The summed E-state index contributed by atoms with van der Waals surface area (Å²) in [5.41, 5.74) is 0. The maximum Gasteiger partial charge on any atom is 2.00 e. The van der Waals surface area contributed by atoms with Gasteiger partial charge in [-0.3, -0.25) is 0 Å². The predicted octanol–water partition coefficient (Wildman–Crippen LogP) is 4.94. The van der Waals surface area contributed by atoms with Gasteiger partial charge in [0.1, 0.15) is 0 Å². The molecule has 2 atom stereocenters. The molecule has 0 aromatic rings. The Bertz CT molecular complexity index is 111. The molecule has 0 saturated heterocycles. The van der Waals surface area contributed by atoms with E-state index in [0.717, 1.165) is 0 Å². The molecule has 2 N–H and O–H groups in total. The minimum Gasteiger partial charge on any atom is -0.393 e. The summed E-state index contributed by atoms with van der Waals surface area (Å²) in [6.45, 7) is 3.32. The van der Waals surface area contributed by atoms with Crippen molar-refractivity contribution in [3.63, 3.8) is 0 Å². The normalized spacial score (nSPS) is 18.6. The molecule has 0 aromatic carbocycles. The minimum atomic E-state index is -0.375. The Labute approximate surface area is 140 Å². The van der Waals surface area contributed by atoms with Gasteiger partial charge < -0.3 is 25.1 Å². The first-order valence-corrected chi connectivity index (χ1v) is 7.49. The van der Waals surface area contributed by atoms with E-state index in [1.165, 1.54) is 64.2 Å². The zero-order chi connectivity index (χ0) is 12.9. The van der Waals surface area contributed by atoms with Gasteiger partial charge in [-0.25, -0.2) is 0 Å². The molecule has 2 saturated carbocycles. The Morgan fingerprint density at radius 3 is 0.800 bits per heavy atom. The van der Waals surface area contributed by atoms with Crippen LogP contribution in [0.5, 0.6) is 0 Å². The Balaban J connectivity index is -0.0000000903. The van der Waals surface area contributed by atoms with Crippen LogP contribution in [0.4, 0.5) is 0 Å². The van der Waals surface area contributed by atoms with Crippen molar-refractivity contribution in [1.29, 1.82) is 0 Å². The van der Waals surface area contributed by atoms with Crippen molar-refractivity contribution in [3.05, 3.63) is 14.9 Å². The molecule has 2 aliphatic rings. The van der Waals surface area contributed by atoms with Crippen molar-refractivity contribution in [2.24, 2.45) is 0 Å². The van der Waals surface area contributed by atoms with Crippen LogP contribution in [0.1, 0.15) is 84.5 Å². The fourth-order valence-electron chi connectivity index (χ4n) is 2.26. The van der Waals surface area contributed by atoms with Crippen LogP contribution in [-0.2, 0) is 18.6 Å². The van der Waals surface area contributed by atoms with E-state index in [1.807, 2.05) is 0 Å². The summed E-state index contributed by atoms with van der Waals surface area (Å²) in [6.07, 6.45) is 14.7. The fraction of sp³-hybridized carbons (Fsp3) is 0.882. The first-order chi connectivity index (χ1) is 8.13. The molecular formula is C17H38O2V. The van der Waals surface area contributed by atoms with Gasteiger partial charge in [0.05, 0.1) is 12.2 Å². The van der Waals surface area contributed by atoms with Crippen LogP contribution in [0.25, 0.3) is 0 Å². The molecule has 0 bridgehead atoms. The van der Waals surface area contributed by atoms with Crippen LogP contribution in [-0.4, -0.2) is 22.4 Å². The fourth-order valence-corrected chi connectivity index (χ4v) is 2.26. The van der Waals surface area contributed by atoms with Crippen molar-refractivity contribution in [1.82, 2.24) is 0 Å². The van der Waals surface area contributed by atoms with Crippen molar-refractivity contribution < 1.29 is 28.8 Å². The van der Waals surface area contributed by atoms with Gasteiger partial charge in [0.15, 0.2) is 0 Å². The van der Waals surface area contributed by atoms with Gasteiger partial charge in [-0.1, -0.05) is 64.2 Å². The van der Waals surface area contributed by atoms with Gasteiger partial charge in [-0.2, -0.15) is 0 Å². The standard InChI is InChI=1S/C5H12O2.2C5H10.2CH3.V/c1-4(6)3-5(2)7;2*1-2-4-5-3-1;;;/h4-7H,3H2,1-2H3;2*1-5H2;2*1H3;/q;;;2*-1;+2. The van der Waals surface area contributed by atoms with E-state index >= 15 is 0 Å². The summed E-state index contributed by atoms with van der Waals surface area (Å²) in [7, 11) is 0. The maximum absolute atomic E-state index is 8.56. The van der Waals surface area contributed by atoms with Gasteiger partial charge in [-0.15, -0.1) is 0 Å². The van der Waals surface area contributed by atoms with Gasteiger partial charge in [0, 0.05) is 0 Å². The first kappa shape index (κ1) is 28.6. The first-order valence-electron chi connectivity index (χ1n) is 7.49. The minimum absolute atomic E-state index is 0. The molecule has 0 heterocycles. The molecule has 3 heteroatoms. The largest absolute Gasteiger partial charge is 2.00 e. The zero-order valence-corrected chi connectivity index (χ0v) is 15.7. The number of aliphatic hydroxyl groups is 2. The summed E-state index contributed by atoms with van der Waals surface area (Å²) in [4.78, 5) is 0. The molecule has 2 rings (SSSR count). The molecule has 2 fully saturated rings. The van der Waals surface area contributed by atoms with Crippen molar-refractivity contribution >= 4 is 0 Å². The molecule has 2 unspecified atom stereocenters. The maximum atomic E-state index is 8.56. The summed E-state index contributed by atoms with van der Waals surface area (Å²) in [6, 6.07) is 0. The Morgan fingerprint density at radius 2 is 0.750 bits per heavy atom. The van der Waals surface area contributed by atoms with Crippen molar-refractivity contribution in [2.75, 3.05) is 0 Å². The third kappa shape index (κ3) is 27.0. The SMILES string of the molecule is C1CCCC1.C1CCCC1.CC(O)CC(C)O.[CH3-].[CH3-].[V+2]. The van der Waals surface area contributed by atoms with E-state index in [2.05, 4.69) is 0 Å². The third-order valence-electron chi connectivity index (χ3n) is 3.18. The van der Waals surface area contributed by atoms with Crippen LogP contribution in [0.2, 0.25) is 0 Å². The third-order valence-corrected chi connectivity index (χ3v) is 3.18. The average Bonchev–Trinajstić information content (AvgIpc) is 2.96. The second-order valence-corrected chi connectivity index (χ2v) is 5.47. The molecule has 123 valence electrons. The molecule has 20 heavy (non-hydrogen) atoms. The Morgan fingerprint density at radius 1 is 0.600 bits per heavy atom. The van der Waals surface area contributed by atoms with E-state index in [1.54, 1.807) is 13.8 Å². The van der Waals surface area contributed by atoms with Crippen LogP contribution in [0.15, 0.2) is 0 Å². The van der Waals surface area contributed by atoms with E-state index in [4.69, 9.17) is 10.2 Å². The summed E-state index contributed by atoms with van der Waals surface area (Å²) in [5.74, 6) is 0. The van der Waals surface area contributed by atoms with Crippen LogP contribution in [0, 0.1) is 14.9 Å². The molecule has 2 aliphatic carbocycles. The number of rotatable bonds is 2. The molecule has 0 aliphatic heterocycles. The van der Waals surface area contributed by atoms with Crippen LogP contribution >= 0.6 is 0 Å². The van der Waals surface area contributed by atoms with Gasteiger partial charge >= 0.3 is 18.6 Å². The summed E-state index contributed by atoms with van der Waals surface area (Å²) >= 11 is 0. The molecule has 0 amide bonds. The van der Waals surface area contributed by atoms with E-state index in [9.17, 15) is 0 Å². The number of hydrogen-bond acceptors (Lipinski definition) is 2. The van der Waals surface area contributed by atoms with Crippen molar-refractivity contribution in [2.45, 2.75) is 96.7 Å². The van der Waals surface area contributed by atoms with Gasteiger partial charge in [0.25, 0.3) is 0 Å². The van der Waals surface area contributed by atoms with Gasteiger partial charge in [0.2, 0.25) is 0 Å². The Kier molecular flexibility index (Phi) is 31.2. The van der Waals surface area contributed by atoms with E-state index < -0.39 is 0 Å². The quantitative estimate of drug-likeness (QED) is 0.706. The zero-order valence-electron chi connectivity index (χ0n) is 14.3. The summed E-state index contributed by atoms with van der Waals surface area (Å²) in [5, 5.41) is 17.1. The van der Waals surface area contributed by atoms with Gasteiger partial charge in [-0.05, 0) is 20.3 Å². The summed E-state index contributed by atoms with van der Waals surface area (Å²) < 4.78 is 0. The molecule has 0 aromatic heterocycles. The molecular weight excluding hydrogens is 287 g/mol. The Hall–Kier alpha value is 0.504. The van der Waals surface area contributed by atoms with E-state index in [-0.39, 0.29) is 45.6 Å². The second-order valence-electron chi connectivity index (χ2n) is 5.47. The monoisotopic (exact) mass is 325 g/mol. The second kappa shape index (κ2) is 21.8. The molecule has 1 radical (unpaired) electrons. The molecule has 2 nitrogen and oxygen atoms in total. The van der Waals surface area contributed by atoms with Crippen molar-refractivity contribution in [3.8, 4) is 0 Å². The van der Waals surface area contributed by atoms with E-state index in [0.29, 0.717) is 6.42 Å². The number of hydrogen-bond donors (Lipinski definition) is 2. The topological polar surface area (TPSA) is 40.5 Å². The average molecular weight is 325 g/mol.